The molecule has 2 aliphatic heterocycles. The Balaban J connectivity index is 1.32. The molecule has 2 fully saturated rings. The number of likely N-dealkylation sites (N-methyl/N-ethyl adjacent to an activating group) is 1. The monoisotopic (exact) mass is 562 g/mol. The average molecular weight is 563 g/mol. The molecule has 0 spiro atoms. The molecule has 4 aromatic carbocycles. The third kappa shape index (κ3) is 5.58. The minimum atomic E-state index is -0.778. The Kier molecular flexibility index (Phi) is 7.63. The smallest absolute Gasteiger partial charge is 0.246 e. The first-order valence-electron chi connectivity index (χ1n) is 14.3. The van der Waals surface area contributed by atoms with E-state index in [0.29, 0.717) is 13.0 Å². The van der Waals surface area contributed by atoms with Crippen LogP contribution in [0.25, 0.3) is 10.8 Å². The van der Waals surface area contributed by atoms with Crippen LogP contribution in [0.3, 0.4) is 0 Å². The summed E-state index contributed by atoms with van der Waals surface area (Å²) in [6.45, 7) is 0.590. The number of phenolic OH excluding ortho intramolecular Hbond substituents is 1. The quantitative estimate of drug-likeness (QED) is 0.369. The second-order valence-electron chi connectivity index (χ2n) is 11.1. The van der Waals surface area contributed by atoms with Gasteiger partial charge in [-0.15, -0.1) is 0 Å². The van der Waals surface area contributed by atoms with Crippen LogP contribution in [0.4, 0.5) is 0 Å². The standard InChI is InChI=1S/C34H34N4O4/c1-35-23-33(41)37-30(20-25-12-16-29(39)17-13-25)34(42)36(21-26-11-15-27-9-5-6-10-28(27)19-26)22-31(37)38(35)32(40)18-14-24-7-3-2-4-8-24/h2-13,15-17,19,30-31,39H,14,18,20-23H2,1H3/t30-,31-/m0/s1. The molecule has 1 N–H and O–H groups in total. The van der Waals surface area contributed by atoms with Crippen LogP contribution >= 0.6 is 0 Å². The van der Waals surface area contributed by atoms with Crippen molar-refractivity contribution in [1.82, 2.24) is 19.8 Å². The Bertz CT molecular complexity index is 1610. The van der Waals surface area contributed by atoms with E-state index in [2.05, 4.69) is 18.2 Å². The van der Waals surface area contributed by atoms with Crippen LogP contribution in [0, 0.1) is 0 Å². The van der Waals surface area contributed by atoms with Crippen molar-refractivity contribution in [3.63, 3.8) is 0 Å². The lowest BCUT2D eigenvalue weighted by Gasteiger charge is -2.54. The predicted molar refractivity (Wildman–Crippen MR) is 160 cm³/mol. The number of benzene rings is 4. The molecule has 6 rings (SSSR count). The third-order valence-electron chi connectivity index (χ3n) is 8.22. The second-order valence-corrected chi connectivity index (χ2v) is 11.1. The fourth-order valence-corrected chi connectivity index (χ4v) is 6.14. The molecule has 0 saturated carbocycles. The van der Waals surface area contributed by atoms with E-state index in [0.717, 1.165) is 27.5 Å². The summed E-state index contributed by atoms with van der Waals surface area (Å²) in [6, 6.07) is 30.0. The molecule has 8 nitrogen and oxygen atoms in total. The molecule has 214 valence electrons. The summed E-state index contributed by atoms with van der Waals surface area (Å²) in [5, 5.41) is 15.4. The maximum Gasteiger partial charge on any atom is 0.246 e. The Morgan fingerprint density at radius 3 is 2.29 bits per heavy atom. The molecule has 42 heavy (non-hydrogen) atoms. The summed E-state index contributed by atoms with van der Waals surface area (Å²) >= 11 is 0. The van der Waals surface area contributed by atoms with Gasteiger partial charge in [0.2, 0.25) is 17.7 Å². The van der Waals surface area contributed by atoms with Gasteiger partial charge in [0.1, 0.15) is 18.0 Å². The number of phenols is 1. The highest BCUT2D eigenvalue weighted by atomic mass is 16.3. The summed E-state index contributed by atoms with van der Waals surface area (Å²) in [6.07, 6.45) is 0.528. The van der Waals surface area contributed by atoms with Crippen LogP contribution in [0.1, 0.15) is 23.1 Å². The molecular weight excluding hydrogens is 528 g/mol. The van der Waals surface area contributed by atoms with Crippen molar-refractivity contribution in [2.45, 2.75) is 38.0 Å². The molecule has 2 saturated heterocycles. The van der Waals surface area contributed by atoms with E-state index in [1.54, 1.807) is 51.1 Å². The number of amides is 3. The molecule has 0 aliphatic carbocycles. The largest absolute Gasteiger partial charge is 0.508 e. The number of nitrogens with zero attached hydrogens (tertiary/aromatic N) is 4. The van der Waals surface area contributed by atoms with Gasteiger partial charge in [0, 0.05) is 26.4 Å². The van der Waals surface area contributed by atoms with Gasteiger partial charge >= 0.3 is 0 Å². The normalized spacial score (nSPS) is 19.3. The summed E-state index contributed by atoms with van der Waals surface area (Å²) < 4.78 is 0. The van der Waals surface area contributed by atoms with E-state index < -0.39 is 12.2 Å². The lowest BCUT2D eigenvalue weighted by molar-refractivity contribution is -0.202. The number of rotatable bonds is 7. The first-order valence-corrected chi connectivity index (χ1v) is 14.3. The van der Waals surface area contributed by atoms with Gasteiger partial charge in [0.15, 0.2) is 0 Å². The Morgan fingerprint density at radius 2 is 1.52 bits per heavy atom. The lowest BCUT2D eigenvalue weighted by Crippen LogP contribution is -2.75. The molecule has 2 heterocycles. The summed E-state index contributed by atoms with van der Waals surface area (Å²) in [5.74, 6) is -0.290. The van der Waals surface area contributed by atoms with Gasteiger partial charge in [-0.2, -0.15) is 0 Å². The number of piperazine rings is 1. The molecule has 3 amide bonds. The number of hydrazine groups is 1. The van der Waals surface area contributed by atoms with Gasteiger partial charge in [0.05, 0.1) is 13.1 Å². The summed E-state index contributed by atoms with van der Waals surface area (Å²) in [5.41, 5.74) is 2.88. The highest BCUT2D eigenvalue weighted by molar-refractivity contribution is 5.92. The van der Waals surface area contributed by atoms with Gasteiger partial charge < -0.3 is 14.9 Å². The topological polar surface area (TPSA) is 84.4 Å². The van der Waals surface area contributed by atoms with Crippen molar-refractivity contribution in [2.24, 2.45) is 0 Å². The fourth-order valence-electron chi connectivity index (χ4n) is 6.14. The molecule has 0 unspecified atom stereocenters. The zero-order valence-corrected chi connectivity index (χ0v) is 23.6. The first-order chi connectivity index (χ1) is 20.4. The minimum Gasteiger partial charge on any atom is -0.508 e. The van der Waals surface area contributed by atoms with E-state index in [1.807, 2.05) is 54.6 Å². The van der Waals surface area contributed by atoms with E-state index in [9.17, 15) is 19.5 Å². The fraction of sp³-hybridized carbons (Fsp3) is 0.265. The van der Waals surface area contributed by atoms with Crippen molar-refractivity contribution in [3.8, 4) is 5.75 Å². The zero-order valence-electron chi connectivity index (χ0n) is 23.6. The highest BCUT2D eigenvalue weighted by Crippen LogP contribution is 2.30. The minimum absolute atomic E-state index is 0.0115. The van der Waals surface area contributed by atoms with Crippen LogP contribution in [-0.2, 0) is 33.8 Å². The summed E-state index contributed by atoms with van der Waals surface area (Å²) in [4.78, 5) is 44.8. The van der Waals surface area contributed by atoms with E-state index in [1.165, 1.54) is 0 Å². The van der Waals surface area contributed by atoms with Crippen molar-refractivity contribution in [2.75, 3.05) is 20.1 Å². The number of hydrogen-bond acceptors (Lipinski definition) is 5. The van der Waals surface area contributed by atoms with Crippen molar-refractivity contribution < 1.29 is 19.5 Å². The van der Waals surface area contributed by atoms with Crippen LogP contribution in [0.5, 0.6) is 5.75 Å². The molecular formula is C34H34N4O4. The molecule has 0 bridgehead atoms. The number of carbonyl (C=O) groups is 3. The Labute approximate surface area is 245 Å². The number of aromatic hydroxyl groups is 1. The van der Waals surface area contributed by atoms with Crippen molar-refractivity contribution in [1.29, 1.82) is 0 Å². The van der Waals surface area contributed by atoms with E-state index in [-0.39, 0.29) is 49.4 Å². The molecule has 0 radical (unpaired) electrons. The molecule has 0 aromatic heterocycles. The molecule has 2 aliphatic rings. The van der Waals surface area contributed by atoms with Crippen LogP contribution in [0.15, 0.2) is 97.1 Å². The molecule has 4 aromatic rings. The van der Waals surface area contributed by atoms with Gasteiger partial charge in [-0.25, -0.2) is 5.01 Å². The van der Waals surface area contributed by atoms with Gasteiger partial charge in [0.25, 0.3) is 0 Å². The predicted octanol–water partition coefficient (Wildman–Crippen LogP) is 3.98. The second kappa shape index (κ2) is 11.7. The number of fused-ring (bicyclic) bond motifs is 2. The Morgan fingerprint density at radius 1 is 0.833 bits per heavy atom. The maximum absolute atomic E-state index is 14.1. The van der Waals surface area contributed by atoms with Gasteiger partial charge in [-0.05, 0) is 52.1 Å². The van der Waals surface area contributed by atoms with Crippen molar-refractivity contribution >= 4 is 28.5 Å². The zero-order chi connectivity index (χ0) is 29.2. The van der Waals surface area contributed by atoms with Gasteiger partial charge in [-0.1, -0.05) is 78.9 Å². The van der Waals surface area contributed by atoms with Crippen LogP contribution in [0.2, 0.25) is 0 Å². The van der Waals surface area contributed by atoms with Crippen LogP contribution < -0.4 is 0 Å². The lowest BCUT2D eigenvalue weighted by atomic mass is 9.97. The summed E-state index contributed by atoms with van der Waals surface area (Å²) in [7, 11) is 1.76. The van der Waals surface area contributed by atoms with Crippen LogP contribution in [-0.4, -0.2) is 75.0 Å². The van der Waals surface area contributed by atoms with Crippen molar-refractivity contribution in [3.05, 3.63) is 114 Å². The number of carbonyl (C=O) groups excluding carboxylic acids is 3. The molecule has 8 heteroatoms. The Hall–Kier alpha value is -4.69. The van der Waals surface area contributed by atoms with Gasteiger partial charge in [-0.3, -0.25) is 19.4 Å². The first kappa shape index (κ1) is 27.5. The number of hydrogen-bond donors (Lipinski definition) is 1. The van der Waals surface area contributed by atoms with E-state index in [4.69, 9.17) is 0 Å². The average Bonchev–Trinajstić information content (AvgIpc) is 2.99. The highest BCUT2D eigenvalue weighted by Gasteiger charge is 2.50. The third-order valence-corrected chi connectivity index (χ3v) is 8.22. The molecule has 2 atom stereocenters. The van der Waals surface area contributed by atoms with E-state index >= 15 is 0 Å². The number of aryl methyl sites for hydroxylation is 1. The maximum atomic E-state index is 14.1. The SMILES string of the molecule is CN1CC(=O)N2[C@@H](Cc3ccc(O)cc3)C(=O)N(Cc3ccc4ccccc4c3)C[C@@H]2N1C(=O)CCc1ccccc1.